The molecule has 0 aliphatic heterocycles. The highest BCUT2D eigenvalue weighted by Crippen LogP contribution is 2.29. The largest absolute Gasteiger partial charge is 0.417 e. The number of imidazole rings is 1. The summed E-state index contributed by atoms with van der Waals surface area (Å²) in [7, 11) is 0. The lowest BCUT2D eigenvalue weighted by atomic mass is 10.1. The van der Waals surface area contributed by atoms with E-state index in [4.69, 9.17) is 0 Å². The molecule has 1 atom stereocenters. The molecule has 2 N–H and O–H groups in total. The summed E-state index contributed by atoms with van der Waals surface area (Å²) in [4.78, 5) is 24.8. The van der Waals surface area contributed by atoms with Crippen molar-refractivity contribution < 1.29 is 18.0 Å². The minimum absolute atomic E-state index is 0.191. The lowest BCUT2D eigenvalue weighted by Gasteiger charge is -2.16. The van der Waals surface area contributed by atoms with Gasteiger partial charge in [-0.3, -0.25) is 4.79 Å². The SMILES string of the molecule is CSCC[C@H](NC(=O)c1cnn(-c2ccc(C(F)(F)F)cn2)c1C)c1nc2ccccc2[nH]1. The van der Waals surface area contributed by atoms with Crippen LogP contribution in [-0.4, -0.2) is 42.6 Å². The number of alkyl halides is 3. The van der Waals surface area contributed by atoms with Crippen molar-refractivity contribution in [2.75, 3.05) is 12.0 Å². The van der Waals surface area contributed by atoms with Crippen LogP contribution in [0.5, 0.6) is 0 Å². The van der Waals surface area contributed by atoms with E-state index in [9.17, 15) is 18.0 Å². The van der Waals surface area contributed by atoms with Crippen LogP contribution in [0, 0.1) is 6.92 Å². The van der Waals surface area contributed by atoms with Crippen LogP contribution < -0.4 is 5.32 Å². The summed E-state index contributed by atoms with van der Waals surface area (Å²) in [6, 6.07) is 9.44. The number of nitrogens with zero attached hydrogens (tertiary/aromatic N) is 4. The zero-order valence-electron chi connectivity index (χ0n) is 17.8. The number of halogens is 3. The van der Waals surface area contributed by atoms with E-state index in [-0.39, 0.29) is 17.8 Å². The van der Waals surface area contributed by atoms with E-state index < -0.39 is 11.7 Å². The average molecular weight is 475 g/mol. The van der Waals surface area contributed by atoms with E-state index in [0.717, 1.165) is 29.0 Å². The summed E-state index contributed by atoms with van der Waals surface area (Å²) >= 11 is 1.66. The van der Waals surface area contributed by atoms with Crippen LogP contribution in [0.25, 0.3) is 16.9 Å². The second-order valence-electron chi connectivity index (χ2n) is 7.41. The maximum absolute atomic E-state index is 13.1. The number of nitrogens with one attached hydrogen (secondary N) is 2. The van der Waals surface area contributed by atoms with Crippen molar-refractivity contribution in [2.24, 2.45) is 0 Å². The van der Waals surface area contributed by atoms with Gasteiger partial charge >= 0.3 is 6.18 Å². The van der Waals surface area contributed by atoms with E-state index in [1.165, 1.54) is 16.9 Å². The van der Waals surface area contributed by atoms with Gasteiger partial charge in [-0.2, -0.15) is 30.0 Å². The standard InChI is InChI=1S/C22H21F3N6OS/c1-13-15(12-27-31(13)19-8-7-14(11-26-19)22(23,24)25)21(32)30-18(9-10-33-2)20-28-16-5-3-4-6-17(16)29-20/h3-8,11-12,18H,9-10H2,1-2H3,(H,28,29)(H,30,32)/t18-/m0/s1. The van der Waals surface area contributed by atoms with Crippen LogP contribution >= 0.6 is 11.8 Å². The van der Waals surface area contributed by atoms with Gasteiger partial charge in [0.2, 0.25) is 0 Å². The lowest BCUT2D eigenvalue weighted by molar-refractivity contribution is -0.137. The van der Waals surface area contributed by atoms with Gasteiger partial charge in [-0.05, 0) is 49.6 Å². The van der Waals surface area contributed by atoms with Crippen molar-refractivity contribution in [3.05, 3.63) is 71.4 Å². The third kappa shape index (κ3) is 4.87. The molecule has 0 bridgehead atoms. The molecule has 33 heavy (non-hydrogen) atoms. The fraction of sp³-hybridized carbons (Fsp3) is 0.273. The molecule has 4 rings (SSSR count). The van der Waals surface area contributed by atoms with Crippen LogP contribution in [0.2, 0.25) is 0 Å². The normalized spacial score (nSPS) is 12.8. The predicted molar refractivity (Wildman–Crippen MR) is 120 cm³/mol. The molecule has 3 aromatic heterocycles. The Hall–Kier alpha value is -3.34. The maximum Gasteiger partial charge on any atom is 0.417 e. The maximum atomic E-state index is 13.1. The Balaban J connectivity index is 1.57. The van der Waals surface area contributed by atoms with E-state index in [1.54, 1.807) is 18.7 Å². The molecule has 172 valence electrons. The fourth-order valence-corrected chi connectivity index (χ4v) is 3.90. The molecule has 11 heteroatoms. The number of para-hydroxylation sites is 2. The first-order valence-electron chi connectivity index (χ1n) is 10.1. The molecular weight excluding hydrogens is 453 g/mol. The first kappa shape index (κ1) is 22.8. The van der Waals surface area contributed by atoms with E-state index in [0.29, 0.717) is 23.5 Å². The van der Waals surface area contributed by atoms with E-state index >= 15 is 0 Å². The van der Waals surface area contributed by atoms with Crippen LogP contribution in [0.1, 0.15) is 39.9 Å². The van der Waals surface area contributed by atoms with Crippen molar-refractivity contribution in [2.45, 2.75) is 25.6 Å². The lowest BCUT2D eigenvalue weighted by Crippen LogP contribution is -2.30. The van der Waals surface area contributed by atoms with Crippen molar-refractivity contribution in [1.82, 2.24) is 30.0 Å². The highest BCUT2D eigenvalue weighted by Gasteiger charge is 2.31. The summed E-state index contributed by atoms with van der Waals surface area (Å²) in [5.74, 6) is 1.32. The van der Waals surface area contributed by atoms with Gasteiger partial charge in [-0.15, -0.1) is 0 Å². The van der Waals surface area contributed by atoms with Gasteiger partial charge in [0.15, 0.2) is 5.82 Å². The number of amides is 1. The Morgan fingerprint density at radius 1 is 1.21 bits per heavy atom. The third-order valence-corrected chi connectivity index (χ3v) is 5.84. The van der Waals surface area contributed by atoms with Crippen LogP contribution in [-0.2, 0) is 6.18 Å². The van der Waals surface area contributed by atoms with Crippen LogP contribution in [0.3, 0.4) is 0 Å². The number of carbonyl (C=O) groups is 1. The van der Waals surface area contributed by atoms with Gasteiger partial charge < -0.3 is 10.3 Å². The molecule has 4 aromatic rings. The molecule has 3 heterocycles. The minimum atomic E-state index is -4.47. The number of aromatic nitrogens is 5. The minimum Gasteiger partial charge on any atom is -0.342 e. The highest BCUT2D eigenvalue weighted by atomic mass is 32.2. The number of carbonyl (C=O) groups excluding carboxylic acids is 1. The molecule has 0 saturated carbocycles. The van der Waals surface area contributed by atoms with Gasteiger partial charge in [0.1, 0.15) is 5.82 Å². The second-order valence-corrected chi connectivity index (χ2v) is 8.39. The van der Waals surface area contributed by atoms with Gasteiger partial charge in [0.25, 0.3) is 5.91 Å². The van der Waals surface area contributed by atoms with Crippen molar-refractivity contribution in [3.63, 3.8) is 0 Å². The summed E-state index contributed by atoms with van der Waals surface area (Å²) < 4.78 is 39.8. The molecular formula is C22H21F3N6OS. The summed E-state index contributed by atoms with van der Waals surface area (Å²) in [6.07, 6.45) is 0.311. The monoisotopic (exact) mass is 474 g/mol. The van der Waals surface area contributed by atoms with Gasteiger partial charge in [0, 0.05) is 6.20 Å². The zero-order valence-corrected chi connectivity index (χ0v) is 18.7. The number of aromatic amines is 1. The summed E-state index contributed by atoms with van der Waals surface area (Å²) in [5.41, 5.74) is 1.62. The number of hydrogen-bond donors (Lipinski definition) is 2. The Labute approximate surface area is 191 Å². The topological polar surface area (TPSA) is 88.5 Å². The molecule has 0 radical (unpaired) electrons. The summed E-state index contributed by atoms with van der Waals surface area (Å²) in [6.45, 7) is 1.67. The number of pyridine rings is 1. The van der Waals surface area contributed by atoms with E-state index in [1.807, 2.05) is 30.5 Å². The average Bonchev–Trinajstić information content (AvgIpc) is 3.39. The fourth-order valence-electron chi connectivity index (χ4n) is 3.43. The first-order valence-corrected chi connectivity index (χ1v) is 11.5. The second kappa shape index (κ2) is 9.26. The Morgan fingerprint density at radius 3 is 2.67 bits per heavy atom. The quantitative estimate of drug-likeness (QED) is 0.406. The van der Waals surface area contributed by atoms with Gasteiger partial charge in [0.05, 0.1) is 40.1 Å². The Bertz CT molecular complexity index is 1230. The predicted octanol–water partition coefficient (Wildman–Crippen LogP) is 4.70. The van der Waals surface area contributed by atoms with Gasteiger partial charge in [-0.1, -0.05) is 12.1 Å². The number of fused-ring (bicyclic) bond motifs is 1. The van der Waals surface area contributed by atoms with Crippen molar-refractivity contribution in [1.29, 1.82) is 0 Å². The van der Waals surface area contributed by atoms with Crippen LogP contribution in [0.4, 0.5) is 13.2 Å². The molecule has 0 fully saturated rings. The van der Waals surface area contributed by atoms with Crippen LogP contribution in [0.15, 0.2) is 48.8 Å². The molecule has 7 nitrogen and oxygen atoms in total. The molecule has 0 spiro atoms. The highest BCUT2D eigenvalue weighted by molar-refractivity contribution is 7.98. The van der Waals surface area contributed by atoms with Crippen molar-refractivity contribution in [3.8, 4) is 5.82 Å². The molecule has 0 aliphatic rings. The number of thioether (sulfide) groups is 1. The number of rotatable bonds is 7. The molecule has 1 amide bonds. The third-order valence-electron chi connectivity index (χ3n) is 5.20. The molecule has 0 aliphatic carbocycles. The molecule has 1 aromatic carbocycles. The van der Waals surface area contributed by atoms with Crippen molar-refractivity contribution >= 4 is 28.7 Å². The van der Waals surface area contributed by atoms with E-state index in [2.05, 4.69) is 25.4 Å². The number of hydrogen-bond acceptors (Lipinski definition) is 5. The number of H-pyrrole nitrogens is 1. The molecule has 0 unspecified atom stereocenters. The Kier molecular flexibility index (Phi) is 6.41. The number of benzene rings is 1. The summed E-state index contributed by atoms with van der Waals surface area (Å²) in [5, 5.41) is 7.17. The smallest absolute Gasteiger partial charge is 0.342 e. The Morgan fingerprint density at radius 2 is 2.00 bits per heavy atom. The van der Waals surface area contributed by atoms with Gasteiger partial charge in [-0.25, -0.2) is 14.6 Å². The molecule has 0 saturated heterocycles. The zero-order chi connectivity index (χ0) is 23.6. The first-order chi connectivity index (χ1) is 15.8.